The van der Waals surface area contributed by atoms with E-state index in [9.17, 15) is 0 Å². The van der Waals surface area contributed by atoms with Gasteiger partial charge in [0.2, 0.25) is 0 Å². The molecule has 2 rings (SSSR count). The molecule has 0 aromatic rings. The first kappa shape index (κ1) is 22.3. The minimum absolute atomic E-state index is 0.248. The summed E-state index contributed by atoms with van der Waals surface area (Å²) in [4.78, 5) is 0. The number of rotatable bonds is 13. The number of hydrogen-bond acceptors (Lipinski definition) is 1. The Morgan fingerprint density at radius 2 is 1.31 bits per heavy atom. The van der Waals surface area contributed by atoms with Gasteiger partial charge in [-0.05, 0) is 50.4 Å². The molecule has 1 saturated carbocycles. The molecule has 1 nitrogen and oxygen atoms in total. The van der Waals surface area contributed by atoms with Crippen LogP contribution in [-0.2, 0) is 4.74 Å². The summed E-state index contributed by atoms with van der Waals surface area (Å²) in [5.41, 5.74) is 0.248. The van der Waals surface area contributed by atoms with Crippen molar-refractivity contribution >= 4 is 0 Å². The maximum atomic E-state index is 6.61. The second kappa shape index (κ2) is 13.2. The molecule has 1 aliphatic heterocycles. The molecule has 1 aliphatic carbocycles. The van der Waals surface area contributed by atoms with Crippen molar-refractivity contribution in [2.45, 2.75) is 141 Å². The summed E-state index contributed by atoms with van der Waals surface area (Å²) < 4.78 is 6.61. The molecule has 154 valence electrons. The summed E-state index contributed by atoms with van der Waals surface area (Å²) in [5.74, 6) is 1.70. The third kappa shape index (κ3) is 6.84. The van der Waals surface area contributed by atoms with Crippen LogP contribution in [0, 0.1) is 11.8 Å². The normalized spacial score (nSPS) is 27.7. The average molecular weight is 365 g/mol. The van der Waals surface area contributed by atoms with Crippen molar-refractivity contribution < 1.29 is 4.74 Å². The van der Waals surface area contributed by atoms with E-state index in [1.807, 2.05) is 0 Å². The lowest BCUT2D eigenvalue weighted by molar-refractivity contribution is -0.165. The fourth-order valence-corrected chi connectivity index (χ4v) is 5.94. The molecule has 0 radical (unpaired) electrons. The number of unbranched alkanes of at least 4 members (excludes halogenated alkanes) is 9. The van der Waals surface area contributed by atoms with Gasteiger partial charge in [-0.25, -0.2) is 0 Å². The van der Waals surface area contributed by atoms with Crippen LogP contribution >= 0.6 is 0 Å². The molecule has 0 bridgehead atoms. The lowest BCUT2D eigenvalue weighted by Crippen LogP contribution is -2.50. The van der Waals surface area contributed by atoms with Crippen LogP contribution in [0.25, 0.3) is 0 Å². The smallest absolute Gasteiger partial charge is 0.0735 e. The zero-order chi connectivity index (χ0) is 18.5. The van der Waals surface area contributed by atoms with Crippen molar-refractivity contribution in [3.8, 4) is 0 Å². The Balaban J connectivity index is 1.64. The SMILES string of the molecule is CCCCCCCCCCCCC1CCCOC1(CC)C1CCCCC1. The van der Waals surface area contributed by atoms with Crippen molar-refractivity contribution in [3.05, 3.63) is 0 Å². The van der Waals surface area contributed by atoms with E-state index < -0.39 is 0 Å². The van der Waals surface area contributed by atoms with Gasteiger partial charge in [-0.2, -0.15) is 0 Å². The standard InChI is InChI=1S/C25H48O/c1-3-5-6-7-8-9-10-11-12-14-18-24-21-17-22-26-25(24,4-2)23-19-15-13-16-20-23/h23-24H,3-22H2,1-2H3. The van der Waals surface area contributed by atoms with Crippen LogP contribution in [0.5, 0.6) is 0 Å². The minimum atomic E-state index is 0.248. The first-order valence-corrected chi connectivity index (χ1v) is 12.5. The van der Waals surface area contributed by atoms with Crippen LogP contribution in [-0.4, -0.2) is 12.2 Å². The molecular formula is C25H48O. The number of hydrogen-bond donors (Lipinski definition) is 0. The highest BCUT2D eigenvalue weighted by Crippen LogP contribution is 2.47. The molecule has 0 aromatic heterocycles. The molecule has 0 aromatic carbocycles. The zero-order valence-corrected chi connectivity index (χ0v) is 18.2. The predicted octanol–water partition coefficient (Wildman–Crippen LogP) is 8.45. The zero-order valence-electron chi connectivity index (χ0n) is 18.2. The third-order valence-corrected chi connectivity index (χ3v) is 7.51. The topological polar surface area (TPSA) is 9.23 Å². The van der Waals surface area contributed by atoms with Gasteiger partial charge in [0, 0.05) is 6.61 Å². The van der Waals surface area contributed by atoms with E-state index in [2.05, 4.69) is 13.8 Å². The van der Waals surface area contributed by atoms with E-state index in [1.54, 1.807) is 0 Å². The van der Waals surface area contributed by atoms with Gasteiger partial charge in [0.1, 0.15) is 0 Å². The van der Waals surface area contributed by atoms with Gasteiger partial charge in [-0.3, -0.25) is 0 Å². The second-order valence-electron chi connectivity index (χ2n) is 9.30. The maximum absolute atomic E-state index is 6.61. The quantitative estimate of drug-likeness (QED) is 0.298. The fraction of sp³-hybridized carbons (Fsp3) is 1.00. The Labute approximate surface area is 165 Å². The molecule has 0 amide bonds. The molecule has 2 unspecified atom stereocenters. The molecule has 2 atom stereocenters. The van der Waals surface area contributed by atoms with Crippen LogP contribution in [0.3, 0.4) is 0 Å². The van der Waals surface area contributed by atoms with E-state index in [1.165, 1.54) is 122 Å². The van der Waals surface area contributed by atoms with Crippen LogP contribution < -0.4 is 0 Å². The molecule has 1 saturated heterocycles. The van der Waals surface area contributed by atoms with Crippen molar-refractivity contribution in [2.24, 2.45) is 11.8 Å². The molecule has 26 heavy (non-hydrogen) atoms. The lowest BCUT2D eigenvalue weighted by Gasteiger charge is -2.50. The van der Waals surface area contributed by atoms with Crippen LogP contribution in [0.2, 0.25) is 0 Å². The van der Waals surface area contributed by atoms with Crippen LogP contribution in [0.15, 0.2) is 0 Å². The molecule has 1 heteroatoms. The van der Waals surface area contributed by atoms with Gasteiger partial charge >= 0.3 is 0 Å². The van der Waals surface area contributed by atoms with Gasteiger partial charge in [0.25, 0.3) is 0 Å². The predicted molar refractivity (Wildman–Crippen MR) is 115 cm³/mol. The first-order valence-electron chi connectivity index (χ1n) is 12.5. The van der Waals surface area contributed by atoms with Gasteiger partial charge in [0.05, 0.1) is 5.60 Å². The Kier molecular flexibility index (Phi) is 11.3. The Hall–Kier alpha value is -0.0400. The summed E-state index contributed by atoms with van der Waals surface area (Å²) in [6.07, 6.45) is 27.1. The average Bonchev–Trinajstić information content (AvgIpc) is 2.70. The minimum Gasteiger partial charge on any atom is -0.374 e. The van der Waals surface area contributed by atoms with Crippen LogP contribution in [0.4, 0.5) is 0 Å². The molecule has 0 spiro atoms. The van der Waals surface area contributed by atoms with Crippen molar-refractivity contribution in [1.29, 1.82) is 0 Å². The van der Waals surface area contributed by atoms with E-state index >= 15 is 0 Å². The fourth-order valence-electron chi connectivity index (χ4n) is 5.94. The Bertz CT molecular complexity index is 333. The van der Waals surface area contributed by atoms with E-state index in [-0.39, 0.29) is 5.60 Å². The van der Waals surface area contributed by atoms with E-state index in [0.29, 0.717) is 0 Å². The lowest BCUT2D eigenvalue weighted by atomic mass is 9.65. The van der Waals surface area contributed by atoms with Gasteiger partial charge in [-0.15, -0.1) is 0 Å². The van der Waals surface area contributed by atoms with Crippen LogP contribution in [0.1, 0.15) is 136 Å². The largest absolute Gasteiger partial charge is 0.374 e. The van der Waals surface area contributed by atoms with Crippen molar-refractivity contribution in [3.63, 3.8) is 0 Å². The summed E-state index contributed by atoms with van der Waals surface area (Å²) >= 11 is 0. The monoisotopic (exact) mass is 364 g/mol. The third-order valence-electron chi connectivity index (χ3n) is 7.51. The van der Waals surface area contributed by atoms with E-state index in [0.717, 1.165) is 18.4 Å². The van der Waals surface area contributed by atoms with Gasteiger partial charge in [-0.1, -0.05) is 97.3 Å². The molecule has 0 N–H and O–H groups in total. The Morgan fingerprint density at radius 3 is 1.92 bits per heavy atom. The Morgan fingerprint density at radius 1 is 0.692 bits per heavy atom. The molecule has 2 aliphatic rings. The maximum Gasteiger partial charge on any atom is 0.0735 e. The highest BCUT2D eigenvalue weighted by molar-refractivity contribution is 4.96. The van der Waals surface area contributed by atoms with Gasteiger partial charge < -0.3 is 4.74 Å². The highest BCUT2D eigenvalue weighted by Gasteiger charge is 2.46. The molecule has 2 fully saturated rings. The summed E-state index contributed by atoms with van der Waals surface area (Å²) in [7, 11) is 0. The summed E-state index contributed by atoms with van der Waals surface area (Å²) in [6.45, 7) is 5.74. The van der Waals surface area contributed by atoms with Crippen molar-refractivity contribution in [2.75, 3.05) is 6.61 Å². The second-order valence-corrected chi connectivity index (χ2v) is 9.30. The molecular weight excluding hydrogens is 316 g/mol. The number of ether oxygens (including phenoxy) is 1. The van der Waals surface area contributed by atoms with Crippen molar-refractivity contribution in [1.82, 2.24) is 0 Å². The van der Waals surface area contributed by atoms with E-state index in [4.69, 9.17) is 4.74 Å². The first-order chi connectivity index (χ1) is 12.8. The highest BCUT2D eigenvalue weighted by atomic mass is 16.5. The summed E-state index contributed by atoms with van der Waals surface area (Å²) in [6, 6.07) is 0. The van der Waals surface area contributed by atoms with Gasteiger partial charge in [0.15, 0.2) is 0 Å². The summed E-state index contributed by atoms with van der Waals surface area (Å²) in [5, 5.41) is 0. The molecule has 1 heterocycles.